The average Bonchev–Trinajstić information content (AvgIpc) is 2.68. The first kappa shape index (κ1) is 12.7. The molecule has 0 aromatic heterocycles. The van der Waals surface area contributed by atoms with Crippen LogP contribution in [0, 0.1) is 6.92 Å². The lowest BCUT2D eigenvalue weighted by molar-refractivity contribution is 0.563. The van der Waals surface area contributed by atoms with E-state index in [-0.39, 0.29) is 10.9 Å². The molecular weight excluding hydrogens is 256 g/mol. The lowest BCUT2D eigenvalue weighted by Crippen LogP contribution is -2.34. The number of nitrogen functional groups attached to an aromatic ring is 1. The Balaban J connectivity index is 2.24. The molecule has 2 rings (SSSR count). The minimum atomic E-state index is -3.43. The normalized spacial score (nSPS) is 20.6. The van der Waals surface area contributed by atoms with Crippen molar-refractivity contribution in [2.75, 3.05) is 17.2 Å². The van der Waals surface area contributed by atoms with Crippen molar-refractivity contribution in [3.8, 4) is 0 Å². The number of nitrogens with two attached hydrogens (primary N) is 1. The van der Waals surface area contributed by atoms with Crippen molar-refractivity contribution in [2.45, 2.75) is 24.3 Å². The Labute approximate surface area is 106 Å². The van der Waals surface area contributed by atoms with Gasteiger partial charge in [0.05, 0.1) is 4.90 Å². The van der Waals surface area contributed by atoms with Gasteiger partial charge in [0.25, 0.3) is 0 Å². The first-order valence-electron chi connectivity index (χ1n) is 5.44. The van der Waals surface area contributed by atoms with E-state index >= 15 is 0 Å². The van der Waals surface area contributed by atoms with E-state index in [2.05, 4.69) is 4.72 Å². The predicted molar refractivity (Wildman–Crippen MR) is 71.6 cm³/mol. The van der Waals surface area contributed by atoms with Crippen molar-refractivity contribution in [3.05, 3.63) is 23.8 Å². The lowest BCUT2D eigenvalue weighted by atomic mass is 10.2. The maximum absolute atomic E-state index is 12.1. The summed E-state index contributed by atoms with van der Waals surface area (Å²) in [5.74, 6) is 1.86. The number of anilines is 1. The quantitative estimate of drug-likeness (QED) is 0.815. The number of hydrogen-bond acceptors (Lipinski definition) is 4. The highest BCUT2D eigenvalue weighted by atomic mass is 32.2. The summed E-state index contributed by atoms with van der Waals surface area (Å²) in [6, 6.07) is 4.94. The van der Waals surface area contributed by atoms with E-state index in [0.29, 0.717) is 5.69 Å². The van der Waals surface area contributed by atoms with E-state index in [1.165, 1.54) is 6.07 Å². The van der Waals surface area contributed by atoms with Crippen molar-refractivity contribution in [1.29, 1.82) is 0 Å². The fourth-order valence-electron chi connectivity index (χ4n) is 1.85. The Morgan fingerprint density at radius 3 is 2.76 bits per heavy atom. The van der Waals surface area contributed by atoms with Gasteiger partial charge in [-0.2, -0.15) is 11.8 Å². The highest BCUT2D eigenvalue weighted by Gasteiger charge is 2.23. The van der Waals surface area contributed by atoms with Gasteiger partial charge in [-0.1, -0.05) is 0 Å². The van der Waals surface area contributed by atoms with Crippen molar-refractivity contribution >= 4 is 27.5 Å². The molecular formula is C11H16N2O2S2. The average molecular weight is 272 g/mol. The van der Waals surface area contributed by atoms with Crippen LogP contribution in [0.15, 0.2) is 23.1 Å². The Hall–Kier alpha value is -0.720. The molecule has 0 bridgehead atoms. The monoisotopic (exact) mass is 272 g/mol. The van der Waals surface area contributed by atoms with E-state index < -0.39 is 10.0 Å². The number of thioether (sulfide) groups is 1. The summed E-state index contributed by atoms with van der Waals surface area (Å²) < 4.78 is 27.0. The van der Waals surface area contributed by atoms with Gasteiger partial charge in [0.2, 0.25) is 10.0 Å². The molecule has 1 aliphatic heterocycles. The zero-order valence-electron chi connectivity index (χ0n) is 9.64. The lowest BCUT2D eigenvalue weighted by Gasteiger charge is -2.12. The van der Waals surface area contributed by atoms with Crippen LogP contribution in [0.3, 0.4) is 0 Å². The molecule has 0 radical (unpaired) electrons. The van der Waals surface area contributed by atoms with Crippen molar-refractivity contribution in [1.82, 2.24) is 4.72 Å². The number of benzene rings is 1. The Bertz CT molecular complexity index is 488. The SMILES string of the molecule is Cc1cc(N)cc(S(=O)(=O)NC2CCSC2)c1. The molecule has 1 fully saturated rings. The third kappa shape index (κ3) is 3.14. The molecule has 94 valence electrons. The Kier molecular flexibility index (Phi) is 3.65. The van der Waals surface area contributed by atoms with Gasteiger partial charge < -0.3 is 5.73 Å². The van der Waals surface area contributed by atoms with Crippen molar-refractivity contribution in [3.63, 3.8) is 0 Å². The molecule has 1 saturated heterocycles. The summed E-state index contributed by atoms with van der Waals surface area (Å²) in [6.45, 7) is 1.83. The third-order valence-corrected chi connectivity index (χ3v) is 5.30. The minimum absolute atomic E-state index is 0.0479. The molecule has 1 aliphatic rings. The van der Waals surface area contributed by atoms with Crippen LogP contribution in [0.4, 0.5) is 5.69 Å². The zero-order chi connectivity index (χ0) is 12.5. The number of sulfonamides is 1. The summed E-state index contributed by atoms with van der Waals surface area (Å²) >= 11 is 1.77. The van der Waals surface area contributed by atoms with E-state index in [1.54, 1.807) is 23.9 Å². The summed E-state index contributed by atoms with van der Waals surface area (Å²) in [4.78, 5) is 0.256. The van der Waals surface area contributed by atoms with Crippen LogP contribution >= 0.6 is 11.8 Å². The van der Waals surface area contributed by atoms with Crippen LogP contribution in [0.1, 0.15) is 12.0 Å². The van der Waals surface area contributed by atoms with Crippen LogP contribution in [0.2, 0.25) is 0 Å². The number of hydrogen-bond donors (Lipinski definition) is 2. The second kappa shape index (κ2) is 4.88. The van der Waals surface area contributed by atoms with Crippen LogP contribution < -0.4 is 10.5 Å². The highest BCUT2D eigenvalue weighted by molar-refractivity contribution is 7.99. The molecule has 1 aromatic rings. The van der Waals surface area contributed by atoms with Crippen LogP contribution in [0.5, 0.6) is 0 Å². The molecule has 17 heavy (non-hydrogen) atoms. The van der Waals surface area contributed by atoms with Crippen LogP contribution in [-0.2, 0) is 10.0 Å². The molecule has 6 heteroatoms. The standard InChI is InChI=1S/C11H16N2O2S2/c1-8-4-9(12)6-11(5-8)17(14,15)13-10-2-3-16-7-10/h4-6,10,13H,2-3,7,12H2,1H3. The minimum Gasteiger partial charge on any atom is -0.399 e. The molecule has 4 nitrogen and oxygen atoms in total. The van der Waals surface area contributed by atoms with E-state index in [1.807, 2.05) is 6.92 Å². The summed E-state index contributed by atoms with van der Waals surface area (Å²) in [5, 5.41) is 0. The first-order chi connectivity index (χ1) is 7.97. The van der Waals surface area contributed by atoms with Gasteiger partial charge in [-0.25, -0.2) is 13.1 Å². The van der Waals surface area contributed by atoms with Gasteiger partial charge >= 0.3 is 0 Å². The van der Waals surface area contributed by atoms with Gasteiger partial charge in [0, 0.05) is 17.5 Å². The highest BCUT2D eigenvalue weighted by Crippen LogP contribution is 2.21. The Morgan fingerprint density at radius 1 is 1.41 bits per heavy atom. The van der Waals surface area contributed by atoms with E-state index in [4.69, 9.17) is 5.73 Å². The smallest absolute Gasteiger partial charge is 0.240 e. The molecule has 3 N–H and O–H groups in total. The fraction of sp³-hybridized carbons (Fsp3) is 0.455. The third-order valence-electron chi connectivity index (χ3n) is 2.63. The summed E-state index contributed by atoms with van der Waals surface area (Å²) in [6.07, 6.45) is 0.894. The van der Waals surface area contributed by atoms with Crippen LogP contribution in [0.25, 0.3) is 0 Å². The van der Waals surface area contributed by atoms with E-state index in [0.717, 1.165) is 23.5 Å². The summed E-state index contributed by atoms with van der Waals surface area (Å²) in [5.41, 5.74) is 7.00. The summed E-state index contributed by atoms with van der Waals surface area (Å²) in [7, 11) is -3.43. The zero-order valence-corrected chi connectivity index (χ0v) is 11.3. The molecule has 1 heterocycles. The second-order valence-electron chi connectivity index (χ2n) is 4.26. The van der Waals surface area contributed by atoms with Crippen molar-refractivity contribution < 1.29 is 8.42 Å². The number of aryl methyl sites for hydroxylation is 1. The van der Waals surface area contributed by atoms with Crippen LogP contribution in [-0.4, -0.2) is 26.0 Å². The first-order valence-corrected chi connectivity index (χ1v) is 8.08. The molecule has 1 unspecified atom stereocenters. The molecule has 1 aromatic carbocycles. The predicted octanol–water partition coefficient (Wildman–Crippen LogP) is 1.36. The van der Waals surface area contributed by atoms with Gasteiger partial charge in [-0.05, 0) is 42.9 Å². The molecule has 0 amide bonds. The Morgan fingerprint density at radius 2 is 2.18 bits per heavy atom. The van der Waals surface area contributed by atoms with Gasteiger partial charge in [0.1, 0.15) is 0 Å². The molecule has 0 saturated carbocycles. The van der Waals surface area contributed by atoms with Gasteiger partial charge in [0.15, 0.2) is 0 Å². The molecule has 1 atom stereocenters. The van der Waals surface area contributed by atoms with Gasteiger partial charge in [-0.3, -0.25) is 0 Å². The van der Waals surface area contributed by atoms with Crippen molar-refractivity contribution in [2.24, 2.45) is 0 Å². The maximum atomic E-state index is 12.1. The molecule has 0 spiro atoms. The largest absolute Gasteiger partial charge is 0.399 e. The number of nitrogens with one attached hydrogen (secondary N) is 1. The molecule has 0 aliphatic carbocycles. The maximum Gasteiger partial charge on any atom is 0.240 e. The second-order valence-corrected chi connectivity index (χ2v) is 7.13. The van der Waals surface area contributed by atoms with E-state index in [9.17, 15) is 8.42 Å². The topological polar surface area (TPSA) is 72.2 Å². The van der Waals surface area contributed by atoms with Gasteiger partial charge in [-0.15, -0.1) is 0 Å². The fourth-order valence-corrected chi connectivity index (χ4v) is 4.51. The number of rotatable bonds is 3.